The minimum Gasteiger partial charge on any atom is -0.497 e. The van der Waals surface area contributed by atoms with Gasteiger partial charge in [0.15, 0.2) is 0 Å². The van der Waals surface area contributed by atoms with E-state index in [2.05, 4.69) is 26.0 Å². The van der Waals surface area contributed by atoms with Crippen LogP contribution in [0.1, 0.15) is 25.5 Å². The Morgan fingerprint density at radius 3 is 2.35 bits per heavy atom. The molecule has 0 heterocycles. The van der Waals surface area contributed by atoms with Crippen LogP contribution in [0.2, 0.25) is 0 Å². The zero-order chi connectivity index (χ0) is 19.3. The Bertz CT molecular complexity index is 869. The van der Waals surface area contributed by atoms with Crippen molar-refractivity contribution in [1.29, 1.82) is 0 Å². The third kappa shape index (κ3) is 5.30. The second-order valence-corrected chi connectivity index (χ2v) is 8.43. The van der Waals surface area contributed by atoms with Crippen LogP contribution >= 0.6 is 15.9 Å². The fourth-order valence-corrected chi connectivity index (χ4v) is 3.93. The highest BCUT2D eigenvalue weighted by molar-refractivity contribution is 9.10. The summed E-state index contributed by atoms with van der Waals surface area (Å²) in [4.78, 5) is 12.4. The molecule has 0 bridgehead atoms. The molecule has 1 amide bonds. The lowest BCUT2D eigenvalue weighted by Crippen LogP contribution is -2.45. The SMILES string of the molecule is COc1ccc(S(=O)(=O)N[C@@H](C)C(=O)NC(C)c2cccc(Br)c2)cc1. The number of carbonyl (C=O) groups is 1. The van der Waals surface area contributed by atoms with Gasteiger partial charge in [0.1, 0.15) is 5.75 Å². The van der Waals surface area contributed by atoms with Gasteiger partial charge in [0.05, 0.1) is 24.1 Å². The molecule has 0 saturated carbocycles. The van der Waals surface area contributed by atoms with Gasteiger partial charge in [0.2, 0.25) is 15.9 Å². The van der Waals surface area contributed by atoms with Gasteiger partial charge in [-0.25, -0.2) is 8.42 Å². The van der Waals surface area contributed by atoms with Crippen molar-refractivity contribution in [2.24, 2.45) is 0 Å². The average molecular weight is 441 g/mol. The number of hydrogen-bond acceptors (Lipinski definition) is 4. The number of carbonyl (C=O) groups excluding carboxylic acids is 1. The molecule has 2 rings (SSSR count). The first-order valence-electron chi connectivity index (χ1n) is 7.95. The number of sulfonamides is 1. The zero-order valence-electron chi connectivity index (χ0n) is 14.7. The van der Waals surface area contributed by atoms with Crippen LogP contribution in [-0.4, -0.2) is 27.5 Å². The Kier molecular flexibility index (Phi) is 6.80. The number of hydrogen-bond donors (Lipinski definition) is 2. The summed E-state index contributed by atoms with van der Waals surface area (Å²) < 4.78 is 33.1. The van der Waals surface area contributed by atoms with Crippen molar-refractivity contribution in [2.75, 3.05) is 7.11 Å². The molecule has 0 aromatic heterocycles. The molecule has 2 N–H and O–H groups in total. The Morgan fingerprint density at radius 1 is 1.12 bits per heavy atom. The van der Waals surface area contributed by atoms with Crippen LogP contribution in [-0.2, 0) is 14.8 Å². The van der Waals surface area contributed by atoms with E-state index in [1.54, 1.807) is 12.1 Å². The number of benzene rings is 2. The molecule has 6 nitrogen and oxygen atoms in total. The van der Waals surface area contributed by atoms with Crippen LogP contribution in [0.5, 0.6) is 5.75 Å². The van der Waals surface area contributed by atoms with Crippen molar-refractivity contribution in [2.45, 2.75) is 30.8 Å². The molecule has 0 radical (unpaired) electrons. The molecule has 0 fully saturated rings. The molecular weight excluding hydrogens is 420 g/mol. The maximum Gasteiger partial charge on any atom is 0.241 e. The zero-order valence-corrected chi connectivity index (χ0v) is 17.1. The van der Waals surface area contributed by atoms with Crippen molar-refractivity contribution in [3.05, 3.63) is 58.6 Å². The molecule has 26 heavy (non-hydrogen) atoms. The van der Waals surface area contributed by atoms with Gasteiger partial charge in [0.25, 0.3) is 0 Å². The minimum atomic E-state index is -3.81. The maximum atomic E-state index is 12.4. The number of rotatable bonds is 7. The van der Waals surface area contributed by atoms with E-state index in [1.165, 1.54) is 26.2 Å². The Labute approximate surface area is 162 Å². The van der Waals surface area contributed by atoms with Gasteiger partial charge in [-0.05, 0) is 55.8 Å². The highest BCUT2D eigenvalue weighted by atomic mass is 79.9. The molecule has 0 aliphatic carbocycles. The van der Waals surface area contributed by atoms with Gasteiger partial charge in [-0.1, -0.05) is 28.1 Å². The van der Waals surface area contributed by atoms with Gasteiger partial charge < -0.3 is 10.1 Å². The number of nitrogens with one attached hydrogen (secondary N) is 2. The number of amides is 1. The van der Waals surface area contributed by atoms with E-state index in [1.807, 2.05) is 31.2 Å². The summed E-state index contributed by atoms with van der Waals surface area (Å²) in [6, 6.07) is 12.3. The van der Waals surface area contributed by atoms with Gasteiger partial charge in [-0.2, -0.15) is 4.72 Å². The second-order valence-electron chi connectivity index (χ2n) is 5.80. The molecule has 0 saturated heterocycles. The third-order valence-electron chi connectivity index (χ3n) is 3.80. The van der Waals surface area contributed by atoms with Crippen LogP contribution in [0, 0.1) is 0 Å². The van der Waals surface area contributed by atoms with Crippen molar-refractivity contribution in [3.63, 3.8) is 0 Å². The summed E-state index contributed by atoms with van der Waals surface area (Å²) in [5.41, 5.74) is 0.915. The Hall–Kier alpha value is -1.90. The highest BCUT2D eigenvalue weighted by Crippen LogP contribution is 2.18. The van der Waals surface area contributed by atoms with Gasteiger partial charge in [-0.15, -0.1) is 0 Å². The lowest BCUT2D eigenvalue weighted by Gasteiger charge is -2.19. The number of methoxy groups -OCH3 is 1. The standard InChI is InChI=1S/C18H21BrN2O4S/c1-12(14-5-4-6-15(19)11-14)20-18(22)13(2)21-26(23,24)17-9-7-16(25-3)8-10-17/h4-13,21H,1-3H3,(H,20,22)/t12?,13-/m0/s1. The monoisotopic (exact) mass is 440 g/mol. The van der Waals surface area contributed by atoms with Gasteiger partial charge >= 0.3 is 0 Å². The normalized spacial score (nSPS) is 13.7. The largest absolute Gasteiger partial charge is 0.497 e. The van der Waals surface area contributed by atoms with Crippen LogP contribution in [0.4, 0.5) is 0 Å². The Morgan fingerprint density at radius 2 is 1.77 bits per heavy atom. The first kappa shape index (κ1) is 20.4. The molecule has 140 valence electrons. The van der Waals surface area contributed by atoms with E-state index >= 15 is 0 Å². The Balaban J connectivity index is 2.03. The molecule has 2 aromatic carbocycles. The summed E-state index contributed by atoms with van der Waals surface area (Å²) in [6.07, 6.45) is 0. The first-order valence-corrected chi connectivity index (χ1v) is 10.2. The van der Waals surface area contributed by atoms with Crippen LogP contribution < -0.4 is 14.8 Å². The van der Waals surface area contributed by atoms with Crippen LogP contribution in [0.3, 0.4) is 0 Å². The molecule has 1 unspecified atom stereocenters. The van der Waals surface area contributed by atoms with Gasteiger partial charge in [-0.3, -0.25) is 4.79 Å². The van der Waals surface area contributed by atoms with E-state index in [9.17, 15) is 13.2 Å². The van der Waals surface area contributed by atoms with E-state index < -0.39 is 22.0 Å². The average Bonchev–Trinajstić information content (AvgIpc) is 2.61. The maximum absolute atomic E-state index is 12.4. The van der Waals surface area contributed by atoms with Gasteiger partial charge in [0, 0.05) is 4.47 Å². The van der Waals surface area contributed by atoms with Crippen molar-refractivity contribution >= 4 is 31.9 Å². The minimum absolute atomic E-state index is 0.0676. The molecule has 2 atom stereocenters. The molecule has 0 spiro atoms. The third-order valence-corrected chi connectivity index (χ3v) is 5.85. The van der Waals surface area contributed by atoms with Crippen LogP contribution in [0.15, 0.2) is 57.9 Å². The second kappa shape index (κ2) is 8.66. The van der Waals surface area contributed by atoms with Crippen molar-refractivity contribution in [3.8, 4) is 5.75 Å². The van der Waals surface area contributed by atoms with E-state index in [0.29, 0.717) is 5.75 Å². The van der Waals surface area contributed by atoms with Crippen LogP contribution in [0.25, 0.3) is 0 Å². The van der Waals surface area contributed by atoms with Crippen molar-refractivity contribution < 1.29 is 17.9 Å². The summed E-state index contributed by atoms with van der Waals surface area (Å²) in [5.74, 6) is 0.146. The topological polar surface area (TPSA) is 84.5 Å². The quantitative estimate of drug-likeness (QED) is 0.692. The van der Waals surface area contributed by atoms with E-state index in [-0.39, 0.29) is 10.9 Å². The fourth-order valence-electron chi connectivity index (χ4n) is 2.31. The van der Waals surface area contributed by atoms with E-state index in [0.717, 1.165) is 10.0 Å². The lowest BCUT2D eigenvalue weighted by atomic mass is 10.1. The highest BCUT2D eigenvalue weighted by Gasteiger charge is 2.23. The molecular formula is C18H21BrN2O4S. The van der Waals surface area contributed by atoms with E-state index in [4.69, 9.17) is 4.74 Å². The molecule has 0 aliphatic rings. The molecule has 2 aromatic rings. The lowest BCUT2D eigenvalue weighted by molar-refractivity contribution is -0.123. The predicted octanol–water partition coefficient (Wildman–Crippen LogP) is 3.00. The number of ether oxygens (including phenoxy) is 1. The fraction of sp³-hybridized carbons (Fsp3) is 0.278. The summed E-state index contributed by atoms with van der Waals surface area (Å²) in [6.45, 7) is 3.34. The summed E-state index contributed by atoms with van der Waals surface area (Å²) >= 11 is 3.39. The summed E-state index contributed by atoms with van der Waals surface area (Å²) in [7, 11) is -2.31. The predicted molar refractivity (Wildman–Crippen MR) is 103 cm³/mol. The summed E-state index contributed by atoms with van der Waals surface area (Å²) in [5, 5.41) is 2.81. The first-order chi connectivity index (χ1) is 12.2. The smallest absolute Gasteiger partial charge is 0.241 e. The van der Waals surface area contributed by atoms with Crippen molar-refractivity contribution in [1.82, 2.24) is 10.0 Å². The number of halogens is 1. The molecule has 0 aliphatic heterocycles. The molecule has 8 heteroatoms.